The number of halogens is 1. The molecule has 37 heavy (non-hydrogen) atoms. The molecule has 1 N–H and O–H groups in total. The summed E-state index contributed by atoms with van der Waals surface area (Å²) in [5, 5.41) is 3.14. The third-order valence-electron chi connectivity index (χ3n) is 5.67. The molecule has 2 aromatic carbocycles. The molecular weight excluding hydrogens is 500 g/mol. The minimum Gasteiger partial charge on any atom is -0.495 e. The first-order valence-corrected chi connectivity index (χ1v) is 11.5. The van der Waals surface area contributed by atoms with Gasteiger partial charge in [-0.1, -0.05) is 23.7 Å². The van der Waals surface area contributed by atoms with E-state index in [1.54, 1.807) is 48.8 Å². The van der Waals surface area contributed by atoms with Crippen LogP contribution in [0.1, 0.15) is 5.56 Å². The van der Waals surface area contributed by atoms with Gasteiger partial charge in [-0.05, 0) is 35.9 Å². The van der Waals surface area contributed by atoms with Crippen molar-refractivity contribution in [3.8, 4) is 11.5 Å². The van der Waals surface area contributed by atoms with Crippen molar-refractivity contribution in [2.24, 2.45) is 0 Å². The van der Waals surface area contributed by atoms with Crippen molar-refractivity contribution >= 4 is 39.9 Å². The number of hydrogen-bond donors (Lipinski definition) is 1. The van der Waals surface area contributed by atoms with E-state index in [1.165, 1.54) is 26.4 Å². The van der Waals surface area contributed by atoms with E-state index in [9.17, 15) is 19.2 Å². The van der Waals surface area contributed by atoms with Gasteiger partial charge in [0.15, 0.2) is 5.78 Å². The molecule has 0 aliphatic rings. The molecule has 0 fully saturated rings. The van der Waals surface area contributed by atoms with Gasteiger partial charge in [-0.2, -0.15) is 0 Å². The van der Waals surface area contributed by atoms with Crippen LogP contribution < -0.4 is 26.0 Å². The summed E-state index contributed by atoms with van der Waals surface area (Å²) in [7, 11) is 2.88. The first-order valence-electron chi connectivity index (χ1n) is 11.2. The summed E-state index contributed by atoms with van der Waals surface area (Å²) < 4.78 is 12.5. The highest BCUT2D eigenvalue weighted by Gasteiger charge is 2.19. The summed E-state index contributed by atoms with van der Waals surface area (Å²) in [6.45, 7) is -0.862. The Balaban J connectivity index is 1.67. The molecule has 0 saturated heterocycles. The van der Waals surface area contributed by atoms with Gasteiger partial charge >= 0.3 is 5.69 Å². The Kier molecular flexibility index (Phi) is 7.69. The van der Waals surface area contributed by atoms with Gasteiger partial charge in [0.1, 0.15) is 18.0 Å². The molecule has 1 amide bonds. The number of carbonyl (C=O) groups excluding carboxylic acids is 2. The van der Waals surface area contributed by atoms with E-state index < -0.39 is 30.2 Å². The molecular formula is C26H23ClN4O6. The zero-order chi connectivity index (χ0) is 26.5. The van der Waals surface area contributed by atoms with Crippen molar-refractivity contribution in [1.82, 2.24) is 14.1 Å². The first-order chi connectivity index (χ1) is 17.8. The van der Waals surface area contributed by atoms with Crippen molar-refractivity contribution in [3.05, 3.63) is 92.3 Å². The van der Waals surface area contributed by atoms with Crippen molar-refractivity contribution in [2.45, 2.75) is 19.5 Å². The first kappa shape index (κ1) is 25.6. The lowest BCUT2D eigenvalue weighted by molar-refractivity contribution is -0.119. The van der Waals surface area contributed by atoms with E-state index >= 15 is 0 Å². The number of methoxy groups -OCH3 is 2. The Labute approximate surface area is 216 Å². The lowest BCUT2D eigenvalue weighted by Gasteiger charge is -2.16. The van der Waals surface area contributed by atoms with Gasteiger partial charge in [0.05, 0.1) is 42.4 Å². The Bertz CT molecular complexity index is 1600. The summed E-state index contributed by atoms with van der Waals surface area (Å²) in [6.07, 6.45) is 3.14. The SMILES string of the molecule is COc1cc(OC)c(NC(=O)Cn2c(=O)n(CC(=O)Cc3ccncc3)c(=O)c3ccccc32)cc1Cl. The van der Waals surface area contributed by atoms with Gasteiger partial charge in [-0.15, -0.1) is 0 Å². The number of nitrogens with one attached hydrogen (secondary N) is 1. The third-order valence-corrected chi connectivity index (χ3v) is 5.96. The number of ether oxygens (including phenoxy) is 2. The third kappa shape index (κ3) is 5.54. The number of ketones is 1. The summed E-state index contributed by atoms with van der Waals surface area (Å²) in [6, 6.07) is 12.8. The zero-order valence-electron chi connectivity index (χ0n) is 20.1. The van der Waals surface area contributed by atoms with E-state index in [2.05, 4.69) is 10.3 Å². The number of aromatic nitrogens is 3. The molecule has 11 heteroatoms. The van der Waals surface area contributed by atoms with Gasteiger partial charge in [-0.25, -0.2) is 4.79 Å². The number of fused-ring (bicyclic) bond motifs is 1. The van der Waals surface area contributed by atoms with Gasteiger partial charge in [0.2, 0.25) is 5.91 Å². The fourth-order valence-electron chi connectivity index (χ4n) is 3.91. The van der Waals surface area contributed by atoms with E-state index in [4.69, 9.17) is 21.1 Å². The minimum absolute atomic E-state index is 0.0275. The average molecular weight is 523 g/mol. The standard InChI is InChI=1S/C26H23ClN4O6/c1-36-22-13-23(37-2)20(12-19(22)27)29-24(33)15-30-21-6-4-3-5-18(21)25(34)31(26(30)35)14-17(32)11-16-7-9-28-10-8-16/h3-10,12-13H,11,14-15H2,1-2H3,(H,29,33). The topological polar surface area (TPSA) is 122 Å². The normalized spacial score (nSPS) is 10.8. The quantitative estimate of drug-likeness (QED) is 0.358. The van der Waals surface area contributed by atoms with Crippen LogP contribution in [0.25, 0.3) is 10.9 Å². The molecule has 0 saturated carbocycles. The van der Waals surface area contributed by atoms with Crippen LogP contribution >= 0.6 is 11.6 Å². The number of hydrogen-bond acceptors (Lipinski definition) is 7. The molecule has 10 nitrogen and oxygen atoms in total. The molecule has 0 spiro atoms. The van der Waals surface area contributed by atoms with Crippen LogP contribution in [-0.4, -0.2) is 40.0 Å². The van der Waals surface area contributed by atoms with Gasteiger partial charge < -0.3 is 14.8 Å². The second-order valence-electron chi connectivity index (χ2n) is 8.08. The fraction of sp³-hybridized carbons (Fsp3) is 0.192. The molecule has 0 atom stereocenters. The Morgan fingerprint density at radius 1 is 0.946 bits per heavy atom. The van der Waals surface area contributed by atoms with Crippen molar-refractivity contribution in [3.63, 3.8) is 0 Å². The Morgan fingerprint density at radius 2 is 1.65 bits per heavy atom. The van der Waals surface area contributed by atoms with E-state index in [-0.39, 0.29) is 33.8 Å². The van der Waals surface area contributed by atoms with E-state index in [0.29, 0.717) is 17.1 Å². The molecule has 0 aliphatic heterocycles. The average Bonchev–Trinajstić information content (AvgIpc) is 2.90. The number of pyridine rings is 1. The smallest absolute Gasteiger partial charge is 0.332 e. The molecule has 0 aliphatic carbocycles. The minimum atomic E-state index is -0.776. The largest absolute Gasteiger partial charge is 0.495 e. The van der Waals surface area contributed by atoms with Crippen LogP contribution in [0.3, 0.4) is 0 Å². The second kappa shape index (κ2) is 11.1. The molecule has 2 aromatic heterocycles. The molecule has 4 aromatic rings. The highest BCUT2D eigenvalue weighted by molar-refractivity contribution is 6.32. The summed E-state index contributed by atoms with van der Waals surface area (Å²) in [5.74, 6) is -0.241. The Hall–Kier alpha value is -4.44. The molecule has 190 valence electrons. The van der Waals surface area contributed by atoms with Crippen molar-refractivity contribution in [1.29, 1.82) is 0 Å². The van der Waals surface area contributed by atoms with Crippen LogP contribution in [0.5, 0.6) is 11.5 Å². The Morgan fingerprint density at radius 3 is 2.35 bits per heavy atom. The van der Waals surface area contributed by atoms with E-state index in [1.807, 2.05) is 0 Å². The predicted octanol–water partition coefficient (Wildman–Crippen LogP) is 2.68. The maximum Gasteiger partial charge on any atom is 0.332 e. The van der Waals surface area contributed by atoms with Crippen LogP contribution in [0, 0.1) is 0 Å². The van der Waals surface area contributed by atoms with Gasteiger partial charge in [0.25, 0.3) is 5.56 Å². The summed E-state index contributed by atoms with van der Waals surface area (Å²) >= 11 is 6.19. The fourth-order valence-corrected chi connectivity index (χ4v) is 4.16. The lowest BCUT2D eigenvalue weighted by Crippen LogP contribution is -2.43. The summed E-state index contributed by atoms with van der Waals surface area (Å²) in [5.41, 5.74) is -0.132. The van der Waals surface area contributed by atoms with E-state index in [0.717, 1.165) is 9.13 Å². The number of carbonyl (C=O) groups is 2. The maximum atomic E-state index is 13.4. The molecule has 4 rings (SSSR count). The number of rotatable bonds is 9. The molecule has 0 radical (unpaired) electrons. The van der Waals surface area contributed by atoms with Crippen molar-refractivity contribution < 1.29 is 19.1 Å². The highest BCUT2D eigenvalue weighted by atomic mass is 35.5. The maximum absolute atomic E-state index is 13.4. The monoisotopic (exact) mass is 522 g/mol. The molecule has 0 unspecified atom stereocenters. The number of anilines is 1. The molecule has 2 heterocycles. The van der Waals surface area contributed by atoms with Crippen molar-refractivity contribution in [2.75, 3.05) is 19.5 Å². The summed E-state index contributed by atoms with van der Waals surface area (Å²) in [4.78, 5) is 56.1. The predicted molar refractivity (Wildman–Crippen MR) is 139 cm³/mol. The zero-order valence-corrected chi connectivity index (χ0v) is 20.8. The highest BCUT2D eigenvalue weighted by Crippen LogP contribution is 2.35. The van der Waals surface area contributed by atoms with Crippen LogP contribution in [-0.2, 0) is 29.1 Å². The lowest BCUT2D eigenvalue weighted by atomic mass is 10.1. The van der Waals surface area contributed by atoms with Crippen LogP contribution in [0.4, 0.5) is 5.69 Å². The van der Waals surface area contributed by atoms with Crippen LogP contribution in [0.2, 0.25) is 5.02 Å². The number of benzene rings is 2. The number of nitrogens with zero attached hydrogens (tertiary/aromatic N) is 3. The molecule has 0 bridgehead atoms. The van der Waals surface area contributed by atoms with Gasteiger partial charge in [0, 0.05) is 24.9 Å². The number of Topliss-reactive ketones (excluding diaryl/α,β-unsaturated/α-hetero) is 1. The van der Waals surface area contributed by atoms with Gasteiger partial charge in [-0.3, -0.25) is 28.5 Å². The second-order valence-corrected chi connectivity index (χ2v) is 8.49. The number of amides is 1. The van der Waals surface area contributed by atoms with Crippen LogP contribution in [0.15, 0.2) is 70.5 Å². The number of para-hydroxylation sites is 1.